The molecule has 0 spiro atoms. The Bertz CT molecular complexity index is 471. The Morgan fingerprint density at radius 1 is 1.44 bits per heavy atom. The second-order valence-corrected chi connectivity index (χ2v) is 6.35. The van der Waals surface area contributed by atoms with Crippen molar-refractivity contribution in [2.75, 3.05) is 13.7 Å². The fourth-order valence-corrected chi connectivity index (χ4v) is 3.98. The largest absolute Gasteiger partial charge is 0.383 e. The van der Waals surface area contributed by atoms with Crippen molar-refractivity contribution in [1.82, 2.24) is 0 Å². The van der Waals surface area contributed by atoms with Crippen molar-refractivity contribution < 1.29 is 13.2 Å². The molecule has 0 aromatic heterocycles. The maximum absolute atomic E-state index is 12.1. The average molecular weight is 241 g/mol. The highest BCUT2D eigenvalue weighted by atomic mass is 32.2. The van der Waals surface area contributed by atoms with E-state index in [1.165, 1.54) is 7.11 Å². The summed E-state index contributed by atoms with van der Waals surface area (Å²) in [5, 5.41) is -0.512. The molecular weight excluding hydrogens is 226 g/mol. The summed E-state index contributed by atoms with van der Waals surface area (Å²) >= 11 is 0. The monoisotopic (exact) mass is 241 g/mol. The second kappa shape index (κ2) is 3.84. The molecule has 2 atom stereocenters. The summed E-state index contributed by atoms with van der Waals surface area (Å²) in [5.74, 6) is 0. The van der Waals surface area contributed by atoms with E-state index in [9.17, 15) is 8.42 Å². The summed E-state index contributed by atoms with van der Waals surface area (Å²) in [5.41, 5.74) is 5.22. The molecule has 0 amide bonds. The van der Waals surface area contributed by atoms with Crippen LogP contribution in [0.1, 0.15) is 6.42 Å². The lowest BCUT2D eigenvalue weighted by Gasteiger charge is -2.10. The van der Waals surface area contributed by atoms with Gasteiger partial charge in [0.2, 0.25) is 0 Å². The molecule has 2 rings (SSSR count). The van der Waals surface area contributed by atoms with Crippen LogP contribution in [0, 0.1) is 0 Å². The van der Waals surface area contributed by atoms with E-state index >= 15 is 0 Å². The Morgan fingerprint density at radius 3 is 2.62 bits per heavy atom. The zero-order chi connectivity index (χ0) is 11.8. The van der Waals surface area contributed by atoms with Gasteiger partial charge in [-0.1, -0.05) is 18.2 Å². The van der Waals surface area contributed by atoms with Crippen molar-refractivity contribution >= 4 is 9.84 Å². The van der Waals surface area contributed by atoms with Crippen LogP contribution in [0.15, 0.2) is 35.2 Å². The van der Waals surface area contributed by atoms with Crippen molar-refractivity contribution in [1.29, 1.82) is 0 Å². The molecule has 0 unspecified atom stereocenters. The third kappa shape index (κ3) is 1.86. The van der Waals surface area contributed by atoms with Gasteiger partial charge in [0.05, 0.1) is 22.3 Å². The van der Waals surface area contributed by atoms with E-state index in [0.717, 1.165) is 0 Å². The molecule has 16 heavy (non-hydrogen) atoms. The van der Waals surface area contributed by atoms with Gasteiger partial charge in [-0.3, -0.25) is 0 Å². The minimum Gasteiger partial charge on any atom is -0.383 e. The summed E-state index contributed by atoms with van der Waals surface area (Å²) in [6.07, 6.45) is 0.470. The molecule has 0 aliphatic heterocycles. The summed E-state index contributed by atoms with van der Waals surface area (Å²) in [6.45, 7) is 0.281. The lowest BCUT2D eigenvalue weighted by molar-refractivity contribution is 0.173. The van der Waals surface area contributed by atoms with Crippen molar-refractivity contribution in [2.24, 2.45) is 5.73 Å². The van der Waals surface area contributed by atoms with E-state index < -0.39 is 20.6 Å². The molecule has 1 aliphatic carbocycles. The zero-order valence-corrected chi connectivity index (χ0v) is 9.91. The van der Waals surface area contributed by atoms with Gasteiger partial charge < -0.3 is 10.5 Å². The normalized spacial score (nSPS) is 29.0. The van der Waals surface area contributed by atoms with Gasteiger partial charge in [0.25, 0.3) is 0 Å². The first-order valence-electron chi connectivity index (χ1n) is 5.07. The molecule has 0 heterocycles. The van der Waals surface area contributed by atoms with Gasteiger partial charge >= 0.3 is 0 Å². The van der Waals surface area contributed by atoms with E-state index in [2.05, 4.69) is 0 Å². The number of hydrogen-bond donors (Lipinski definition) is 1. The molecule has 0 saturated heterocycles. The van der Waals surface area contributed by atoms with Gasteiger partial charge in [-0.25, -0.2) is 8.42 Å². The summed E-state index contributed by atoms with van der Waals surface area (Å²) in [6, 6.07) is 8.41. The maximum Gasteiger partial charge on any atom is 0.183 e. The van der Waals surface area contributed by atoms with Crippen molar-refractivity contribution in [2.45, 2.75) is 22.1 Å². The van der Waals surface area contributed by atoms with Crippen LogP contribution in [0.25, 0.3) is 0 Å². The highest BCUT2D eigenvalue weighted by molar-refractivity contribution is 7.92. The Balaban J connectivity index is 2.24. The van der Waals surface area contributed by atoms with Gasteiger partial charge in [-0.2, -0.15) is 0 Å². The maximum atomic E-state index is 12.1. The van der Waals surface area contributed by atoms with Gasteiger partial charge in [-0.15, -0.1) is 0 Å². The highest BCUT2D eigenvalue weighted by Crippen LogP contribution is 2.42. The third-order valence-corrected chi connectivity index (χ3v) is 5.22. The first-order chi connectivity index (χ1) is 7.50. The minimum absolute atomic E-state index is 0.281. The van der Waals surface area contributed by atoms with Gasteiger partial charge in [-0.05, 0) is 18.6 Å². The summed E-state index contributed by atoms with van der Waals surface area (Å²) in [4.78, 5) is 0.337. The fourth-order valence-electron chi connectivity index (χ4n) is 1.90. The number of benzene rings is 1. The molecule has 0 radical (unpaired) electrons. The smallest absolute Gasteiger partial charge is 0.183 e. The Hall–Kier alpha value is -0.910. The van der Waals surface area contributed by atoms with Crippen LogP contribution < -0.4 is 5.73 Å². The molecule has 1 fully saturated rings. The average Bonchev–Trinajstić information content (AvgIpc) is 2.93. The van der Waals surface area contributed by atoms with Crippen LogP contribution in [0.5, 0.6) is 0 Å². The molecule has 88 valence electrons. The Morgan fingerprint density at radius 2 is 2.06 bits per heavy atom. The van der Waals surface area contributed by atoms with Crippen LogP contribution in [0.4, 0.5) is 0 Å². The van der Waals surface area contributed by atoms with Gasteiger partial charge in [0, 0.05) is 7.11 Å². The molecule has 5 heteroatoms. The van der Waals surface area contributed by atoms with Crippen molar-refractivity contribution in [3.05, 3.63) is 30.3 Å². The van der Waals surface area contributed by atoms with Gasteiger partial charge in [0.15, 0.2) is 9.84 Å². The van der Waals surface area contributed by atoms with Gasteiger partial charge in [0.1, 0.15) is 0 Å². The number of nitrogens with two attached hydrogens (primary N) is 1. The summed E-state index contributed by atoms with van der Waals surface area (Å²) in [7, 11) is -1.77. The lowest BCUT2D eigenvalue weighted by atomic mass is 10.3. The SMILES string of the molecule is COC[C@@]1(N)C[C@H]1S(=O)(=O)c1ccccc1. The molecule has 1 aliphatic rings. The minimum atomic E-state index is -3.30. The van der Waals surface area contributed by atoms with Crippen LogP contribution >= 0.6 is 0 Å². The van der Waals surface area contributed by atoms with E-state index in [0.29, 0.717) is 11.3 Å². The van der Waals surface area contributed by atoms with E-state index in [4.69, 9.17) is 10.5 Å². The Labute approximate surface area is 95.3 Å². The topological polar surface area (TPSA) is 69.4 Å². The lowest BCUT2D eigenvalue weighted by Crippen LogP contribution is -2.35. The number of ether oxygens (including phenoxy) is 1. The zero-order valence-electron chi connectivity index (χ0n) is 9.09. The standard InChI is InChI=1S/C11H15NO3S/c1-15-8-11(12)7-10(11)16(13,14)9-5-3-2-4-6-9/h2-6,10H,7-8,12H2,1H3/t10-,11+/m1/s1. The predicted molar refractivity (Wildman–Crippen MR) is 60.8 cm³/mol. The third-order valence-electron chi connectivity index (χ3n) is 2.91. The molecule has 4 nitrogen and oxygen atoms in total. The predicted octanol–water partition coefficient (Wildman–Crippen LogP) is 0.577. The van der Waals surface area contributed by atoms with Crippen molar-refractivity contribution in [3.63, 3.8) is 0 Å². The highest BCUT2D eigenvalue weighted by Gasteiger charge is 2.59. The van der Waals surface area contributed by atoms with Crippen LogP contribution in [-0.2, 0) is 14.6 Å². The fraction of sp³-hybridized carbons (Fsp3) is 0.455. The first kappa shape index (κ1) is 11.6. The molecule has 1 saturated carbocycles. The molecule has 0 bridgehead atoms. The van der Waals surface area contributed by atoms with Crippen molar-refractivity contribution in [3.8, 4) is 0 Å². The first-order valence-corrected chi connectivity index (χ1v) is 6.62. The Kier molecular flexibility index (Phi) is 2.77. The number of methoxy groups -OCH3 is 1. The number of hydrogen-bond acceptors (Lipinski definition) is 4. The number of rotatable bonds is 4. The second-order valence-electron chi connectivity index (χ2n) is 4.22. The van der Waals surface area contributed by atoms with Crippen LogP contribution in [0.3, 0.4) is 0 Å². The number of sulfone groups is 1. The molecule has 1 aromatic carbocycles. The van der Waals surface area contributed by atoms with E-state index in [1.54, 1.807) is 30.3 Å². The van der Waals surface area contributed by atoms with E-state index in [-0.39, 0.29) is 6.61 Å². The van der Waals surface area contributed by atoms with E-state index in [1.807, 2.05) is 0 Å². The quantitative estimate of drug-likeness (QED) is 0.837. The van der Waals surface area contributed by atoms with Crippen LogP contribution in [-0.4, -0.2) is 32.9 Å². The molecular formula is C11H15NO3S. The molecule has 2 N–H and O–H groups in total. The van der Waals surface area contributed by atoms with Crippen LogP contribution in [0.2, 0.25) is 0 Å². The molecule has 1 aromatic rings. The summed E-state index contributed by atoms with van der Waals surface area (Å²) < 4.78 is 29.2.